The topological polar surface area (TPSA) is 42.2 Å². The summed E-state index contributed by atoms with van der Waals surface area (Å²) in [5.74, 6) is -0.868. The van der Waals surface area contributed by atoms with Crippen molar-refractivity contribution in [3.8, 4) is 0 Å². The standard InChI is InChI=1S/C13H14INO2S/c1-8(5-11-4-3-9(2)18-11)15-7-10(14)6-12(15)13(16)17/h3-4,6-8H,5H2,1-2H3,(H,16,17). The highest BCUT2D eigenvalue weighted by Gasteiger charge is 2.16. The Bertz CT molecular complexity index is 573. The second-order valence-corrected chi connectivity index (χ2v) is 6.94. The fourth-order valence-corrected chi connectivity index (χ4v) is 3.57. The molecule has 2 heterocycles. The molecule has 0 saturated heterocycles. The third-order valence-electron chi connectivity index (χ3n) is 2.80. The van der Waals surface area contributed by atoms with E-state index in [2.05, 4.69) is 48.6 Å². The van der Waals surface area contributed by atoms with Gasteiger partial charge in [-0.3, -0.25) is 0 Å². The van der Waals surface area contributed by atoms with Gasteiger partial charge in [-0.2, -0.15) is 0 Å². The Labute approximate surface area is 124 Å². The fraction of sp³-hybridized carbons (Fsp3) is 0.308. The van der Waals surface area contributed by atoms with Gasteiger partial charge in [-0.15, -0.1) is 11.3 Å². The Hall–Kier alpha value is -0.820. The number of hydrogen-bond donors (Lipinski definition) is 1. The largest absolute Gasteiger partial charge is 0.477 e. The molecule has 0 amide bonds. The minimum absolute atomic E-state index is 0.151. The molecular weight excluding hydrogens is 361 g/mol. The number of aromatic carboxylic acids is 1. The van der Waals surface area contributed by atoms with Crippen molar-refractivity contribution < 1.29 is 9.90 Å². The lowest BCUT2D eigenvalue weighted by atomic mass is 10.2. The minimum atomic E-state index is -0.868. The lowest BCUT2D eigenvalue weighted by Crippen LogP contribution is -2.13. The van der Waals surface area contributed by atoms with Gasteiger partial charge in [0.05, 0.1) is 0 Å². The normalized spacial score (nSPS) is 12.6. The van der Waals surface area contributed by atoms with Crippen LogP contribution >= 0.6 is 33.9 Å². The van der Waals surface area contributed by atoms with Crippen molar-refractivity contribution in [3.05, 3.63) is 43.4 Å². The van der Waals surface area contributed by atoms with Gasteiger partial charge in [0.1, 0.15) is 5.69 Å². The third-order valence-corrected chi connectivity index (χ3v) is 4.41. The predicted molar refractivity (Wildman–Crippen MR) is 81.6 cm³/mol. The summed E-state index contributed by atoms with van der Waals surface area (Å²) in [6.45, 7) is 4.14. The second kappa shape index (κ2) is 5.44. The molecule has 0 aliphatic rings. The van der Waals surface area contributed by atoms with Crippen LogP contribution in [0.4, 0.5) is 0 Å². The predicted octanol–water partition coefficient (Wildman–Crippen LogP) is 3.96. The summed E-state index contributed by atoms with van der Waals surface area (Å²) in [6.07, 6.45) is 2.76. The molecule has 0 aromatic carbocycles. The molecule has 18 heavy (non-hydrogen) atoms. The lowest BCUT2D eigenvalue weighted by Gasteiger charge is -2.14. The van der Waals surface area contributed by atoms with E-state index >= 15 is 0 Å². The zero-order chi connectivity index (χ0) is 13.3. The molecule has 0 bridgehead atoms. The molecule has 0 radical (unpaired) electrons. The second-order valence-electron chi connectivity index (χ2n) is 4.32. The van der Waals surface area contributed by atoms with E-state index in [9.17, 15) is 9.90 Å². The van der Waals surface area contributed by atoms with Crippen molar-refractivity contribution in [2.24, 2.45) is 0 Å². The smallest absolute Gasteiger partial charge is 0.352 e. The number of carboxylic acid groups (broad SMARTS) is 1. The van der Waals surface area contributed by atoms with Crippen LogP contribution < -0.4 is 0 Å². The van der Waals surface area contributed by atoms with E-state index in [1.807, 2.05) is 10.8 Å². The summed E-state index contributed by atoms with van der Waals surface area (Å²) in [5.41, 5.74) is 0.361. The number of nitrogens with zero attached hydrogens (tertiary/aromatic N) is 1. The van der Waals surface area contributed by atoms with Crippen LogP contribution in [0, 0.1) is 10.5 Å². The first kappa shape index (κ1) is 13.6. The van der Waals surface area contributed by atoms with Crippen LogP contribution in [-0.2, 0) is 6.42 Å². The van der Waals surface area contributed by atoms with Gasteiger partial charge in [-0.05, 0) is 54.6 Å². The quantitative estimate of drug-likeness (QED) is 0.822. The van der Waals surface area contributed by atoms with Crippen molar-refractivity contribution in [3.63, 3.8) is 0 Å². The van der Waals surface area contributed by atoms with Gasteiger partial charge in [0.25, 0.3) is 0 Å². The maximum absolute atomic E-state index is 11.2. The van der Waals surface area contributed by atoms with Crippen LogP contribution in [-0.4, -0.2) is 15.6 Å². The zero-order valence-electron chi connectivity index (χ0n) is 10.2. The van der Waals surface area contributed by atoms with Crippen LogP contribution in [0.2, 0.25) is 0 Å². The zero-order valence-corrected chi connectivity index (χ0v) is 13.2. The summed E-state index contributed by atoms with van der Waals surface area (Å²) in [7, 11) is 0. The summed E-state index contributed by atoms with van der Waals surface area (Å²) < 4.78 is 2.80. The molecule has 3 nitrogen and oxygen atoms in total. The van der Waals surface area contributed by atoms with E-state index in [0.29, 0.717) is 5.69 Å². The van der Waals surface area contributed by atoms with E-state index in [1.165, 1.54) is 9.75 Å². The Morgan fingerprint density at radius 3 is 2.83 bits per heavy atom. The molecule has 96 valence electrons. The minimum Gasteiger partial charge on any atom is -0.477 e. The summed E-state index contributed by atoms with van der Waals surface area (Å²) in [4.78, 5) is 13.8. The van der Waals surface area contributed by atoms with Crippen molar-refractivity contribution in [1.29, 1.82) is 0 Å². The van der Waals surface area contributed by atoms with Crippen molar-refractivity contribution in [2.45, 2.75) is 26.3 Å². The number of hydrogen-bond acceptors (Lipinski definition) is 2. The lowest BCUT2D eigenvalue weighted by molar-refractivity contribution is 0.0683. The maximum Gasteiger partial charge on any atom is 0.352 e. The Balaban J connectivity index is 2.23. The van der Waals surface area contributed by atoms with Crippen LogP contribution in [0.3, 0.4) is 0 Å². The van der Waals surface area contributed by atoms with Crippen LogP contribution in [0.1, 0.15) is 33.2 Å². The number of thiophene rings is 1. The van der Waals surface area contributed by atoms with E-state index in [1.54, 1.807) is 17.4 Å². The number of rotatable bonds is 4. The van der Waals surface area contributed by atoms with Crippen molar-refractivity contribution in [1.82, 2.24) is 4.57 Å². The summed E-state index contributed by atoms with van der Waals surface area (Å²) in [6, 6.07) is 6.08. The first-order chi connectivity index (χ1) is 8.47. The molecule has 2 aromatic heterocycles. The van der Waals surface area contributed by atoms with Gasteiger partial charge in [-0.25, -0.2) is 4.79 Å². The Morgan fingerprint density at radius 2 is 2.28 bits per heavy atom. The van der Waals surface area contributed by atoms with Crippen LogP contribution in [0.15, 0.2) is 24.4 Å². The molecule has 5 heteroatoms. The van der Waals surface area contributed by atoms with E-state index in [0.717, 1.165) is 9.99 Å². The average molecular weight is 375 g/mol. The van der Waals surface area contributed by atoms with Crippen molar-refractivity contribution >= 4 is 39.9 Å². The van der Waals surface area contributed by atoms with Gasteiger partial charge in [0, 0.05) is 32.0 Å². The number of carboxylic acids is 1. The summed E-state index contributed by atoms with van der Waals surface area (Å²) >= 11 is 3.92. The molecule has 0 fully saturated rings. The average Bonchev–Trinajstić information content (AvgIpc) is 2.85. The first-order valence-corrected chi connectivity index (χ1v) is 7.53. The van der Waals surface area contributed by atoms with E-state index in [4.69, 9.17) is 0 Å². The van der Waals surface area contributed by atoms with E-state index in [-0.39, 0.29) is 6.04 Å². The first-order valence-electron chi connectivity index (χ1n) is 5.63. The van der Waals surface area contributed by atoms with Gasteiger partial charge in [0.15, 0.2) is 0 Å². The highest BCUT2D eigenvalue weighted by molar-refractivity contribution is 14.1. The van der Waals surface area contributed by atoms with Crippen molar-refractivity contribution in [2.75, 3.05) is 0 Å². The van der Waals surface area contributed by atoms with Crippen LogP contribution in [0.25, 0.3) is 0 Å². The highest BCUT2D eigenvalue weighted by Crippen LogP contribution is 2.24. The van der Waals surface area contributed by atoms with Gasteiger partial charge in [-0.1, -0.05) is 0 Å². The molecule has 0 spiro atoms. The van der Waals surface area contributed by atoms with Gasteiger partial charge >= 0.3 is 5.97 Å². The molecule has 0 aliphatic carbocycles. The number of halogens is 1. The number of aromatic nitrogens is 1. The summed E-state index contributed by atoms with van der Waals surface area (Å²) in [5, 5.41) is 9.18. The van der Waals surface area contributed by atoms with Crippen LogP contribution in [0.5, 0.6) is 0 Å². The molecule has 1 atom stereocenters. The molecule has 1 unspecified atom stereocenters. The van der Waals surface area contributed by atoms with E-state index < -0.39 is 5.97 Å². The molecule has 2 aromatic rings. The number of aryl methyl sites for hydroxylation is 1. The molecule has 2 rings (SSSR count). The monoisotopic (exact) mass is 375 g/mol. The molecule has 1 N–H and O–H groups in total. The third kappa shape index (κ3) is 2.95. The fourth-order valence-electron chi connectivity index (χ4n) is 1.97. The Kier molecular flexibility index (Phi) is 4.11. The molecule has 0 aliphatic heterocycles. The SMILES string of the molecule is Cc1ccc(CC(C)n2cc(I)cc2C(=O)O)s1. The maximum atomic E-state index is 11.2. The Morgan fingerprint density at radius 1 is 1.56 bits per heavy atom. The highest BCUT2D eigenvalue weighted by atomic mass is 127. The van der Waals surface area contributed by atoms with Gasteiger partial charge in [0.2, 0.25) is 0 Å². The van der Waals surface area contributed by atoms with Gasteiger partial charge < -0.3 is 9.67 Å². The number of carbonyl (C=O) groups is 1. The molecular formula is C13H14INO2S. The molecule has 0 saturated carbocycles.